The van der Waals surface area contributed by atoms with Gasteiger partial charge < -0.3 is 20.7 Å². The van der Waals surface area contributed by atoms with Crippen molar-refractivity contribution in [3.8, 4) is 5.88 Å². The molecule has 152 valence electrons. The van der Waals surface area contributed by atoms with E-state index in [1.807, 2.05) is 30.5 Å². The summed E-state index contributed by atoms with van der Waals surface area (Å²) in [4.78, 5) is 11.0. The second-order valence-electron chi connectivity index (χ2n) is 7.87. The van der Waals surface area contributed by atoms with Crippen molar-refractivity contribution in [2.24, 2.45) is 5.92 Å². The Labute approximate surface area is 172 Å². The highest BCUT2D eigenvalue weighted by Crippen LogP contribution is 2.23. The first-order valence-electron chi connectivity index (χ1n) is 10.3. The van der Waals surface area contributed by atoms with Crippen LogP contribution in [-0.4, -0.2) is 41.6 Å². The largest absolute Gasteiger partial charge is 0.478 e. The normalized spacial score (nSPS) is 15.5. The number of piperidine rings is 1. The summed E-state index contributed by atoms with van der Waals surface area (Å²) < 4.78 is 5.85. The molecule has 3 aromatic rings. The number of hydrogen-bond acceptors (Lipinski definition) is 6. The lowest BCUT2D eigenvalue weighted by Gasteiger charge is -2.28. The van der Waals surface area contributed by atoms with Crippen LogP contribution in [0.1, 0.15) is 24.8 Å². The van der Waals surface area contributed by atoms with E-state index in [4.69, 9.17) is 10.5 Å². The molecule has 3 heterocycles. The van der Waals surface area contributed by atoms with Crippen LogP contribution in [0, 0.1) is 5.92 Å². The summed E-state index contributed by atoms with van der Waals surface area (Å²) in [5, 5.41) is 5.49. The van der Waals surface area contributed by atoms with Gasteiger partial charge in [-0.15, -0.1) is 0 Å². The minimum atomic E-state index is 0.560. The van der Waals surface area contributed by atoms with Crippen molar-refractivity contribution >= 4 is 22.3 Å². The summed E-state index contributed by atoms with van der Waals surface area (Å²) in [5.41, 5.74) is 8.07. The monoisotopic (exact) mass is 391 g/mol. The summed E-state index contributed by atoms with van der Waals surface area (Å²) in [7, 11) is 2.19. The lowest BCUT2D eigenvalue weighted by molar-refractivity contribution is 0.185. The maximum Gasteiger partial charge on any atom is 0.213 e. The molecule has 29 heavy (non-hydrogen) atoms. The third kappa shape index (κ3) is 5.15. The molecule has 0 aliphatic carbocycles. The fourth-order valence-corrected chi connectivity index (χ4v) is 3.80. The van der Waals surface area contributed by atoms with Crippen LogP contribution in [0.15, 0.2) is 48.8 Å². The first kappa shape index (κ1) is 19.5. The summed E-state index contributed by atoms with van der Waals surface area (Å²) in [6.07, 6.45) is 7.27. The van der Waals surface area contributed by atoms with E-state index in [2.05, 4.69) is 39.4 Å². The van der Waals surface area contributed by atoms with Gasteiger partial charge in [0.1, 0.15) is 5.82 Å². The molecule has 1 saturated heterocycles. The summed E-state index contributed by atoms with van der Waals surface area (Å²) in [6, 6.07) is 12.1. The number of anilines is 2. The highest BCUT2D eigenvalue weighted by atomic mass is 16.5. The quantitative estimate of drug-likeness (QED) is 0.635. The van der Waals surface area contributed by atoms with Crippen LogP contribution in [0.4, 0.5) is 11.5 Å². The van der Waals surface area contributed by atoms with Gasteiger partial charge in [0, 0.05) is 36.1 Å². The van der Waals surface area contributed by atoms with Crippen molar-refractivity contribution in [2.45, 2.75) is 25.8 Å². The lowest BCUT2D eigenvalue weighted by Crippen LogP contribution is -2.30. The Morgan fingerprint density at radius 3 is 2.79 bits per heavy atom. The average molecular weight is 392 g/mol. The number of fused-ring (bicyclic) bond motifs is 1. The molecule has 0 spiro atoms. The Hall–Kier alpha value is -2.86. The highest BCUT2D eigenvalue weighted by Gasteiger charge is 2.16. The number of aromatic nitrogens is 2. The molecule has 1 aliphatic rings. The molecule has 1 aromatic carbocycles. The first-order valence-corrected chi connectivity index (χ1v) is 10.3. The van der Waals surface area contributed by atoms with Crippen LogP contribution in [-0.2, 0) is 6.54 Å². The second kappa shape index (κ2) is 9.09. The van der Waals surface area contributed by atoms with Gasteiger partial charge in [-0.3, -0.25) is 0 Å². The molecule has 0 unspecified atom stereocenters. The SMILES string of the molecule is CN1CCC(CCOc2ccc(CNc3ccc4c(N)nccc4c3)cn2)CC1. The number of nitrogens with zero attached hydrogens (tertiary/aromatic N) is 3. The van der Waals surface area contributed by atoms with E-state index < -0.39 is 0 Å². The highest BCUT2D eigenvalue weighted by molar-refractivity contribution is 5.92. The van der Waals surface area contributed by atoms with Crippen LogP contribution in [0.2, 0.25) is 0 Å². The molecule has 1 fully saturated rings. The van der Waals surface area contributed by atoms with Crippen molar-refractivity contribution < 1.29 is 4.74 Å². The predicted molar refractivity (Wildman–Crippen MR) is 118 cm³/mol. The number of hydrogen-bond donors (Lipinski definition) is 2. The number of nitrogens with two attached hydrogens (primary N) is 1. The molecule has 0 atom stereocenters. The van der Waals surface area contributed by atoms with Gasteiger partial charge in [-0.2, -0.15) is 0 Å². The minimum Gasteiger partial charge on any atom is -0.478 e. The number of likely N-dealkylation sites (tertiary alicyclic amines) is 1. The molecule has 0 amide bonds. The fraction of sp³-hybridized carbons (Fsp3) is 0.391. The molecule has 2 aromatic heterocycles. The lowest BCUT2D eigenvalue weighted by atomic mass is 9.94. The second-order valence-corrected chi connectivity index (χ2v) is 7.87. The van der Waals surface area contributed by atoms with Crippen LogP contribution in [0.5, 0.6) is 5.88 Å². The third-order valence-corrected chi connectivity index (χ3v) is 5.70. The van der Waals surface area contributed by atoms with Crippen molar-refractivity contribution in [3.63, 3.8) is 0 Å². The number of pyridine rings is 2. The molecule has 0 bridgehead atoms. The Bertz CT molecular complexity index is 936. The zero-order chi connectivity index (χ0) is 20.1. The zero-order valence-corrected chi connectivity index (χ0v) is 17.0. The van der Waals surface area contributed by atoms with Crippen molar-refractivity contribution in [3.05, 3.63) is 54.4 Å². The van der Waals surface area contributed by atoms with Crippen LogP contribution in [0.3, 0.4) is 0 Å². The van der Waals surface area contributed by atoms with Crippen molar-refractivity contribution in [2.75, 3.05) is 37.8 Å². The van der Waals surface area contributed by atoms with E-state index in [0.29, 0.717) is 18.2 Å². The first-order chi connectivity index (χ1) is 14.2. The molecule has 4 rings (SSSR count). The van der Waals surface area contributed by atoms with E-state index in [1.165, 1.54) is 25.9 Å². The van der Waals surface area contributed by atoms with E-state index in [0.717, 1.165) is 41.0 Å². The van der Waals surface area contributed by atoms with Gasteiger partial charge in [0.05, 0.1) is 6.61 Å². The number of nitrogen functional groups attached to an aromatic ring is 1. The summed E-state index contributed by atoms with van der Waals surface area (Å²) in [6.45, 7) is 3.85. The maximum atomic E-state index is 5.91. The molecule has 3 N–H and O–H groups in total. The molecule has 6 heteroatoms. The standard InChI is InChI=1S/C23H29N5O/c1-28-11-7-17(8-12-28)9-13-29-22-5-2-18(16-27-22)15-26-20-3-4-21-19(14-20)6-10-25-23(21)24/h2-6,10,14,16-17,26H,7-9,11-13,15H2,1H3,(H2,24,25). The third-order valence-electron chi connectivity index (χ3n) is 5.70. The van der Waals surface area contributed by atoms with Gasteiger partial charge in [0.25, 0.3) is 0 Å². The molecule has 6 nitrogen and oxygen atoms in total. The Morgan fingerprint density at radius 1 is 1.14 bits per heavy atom. The Morgan fingerprint density at radius 2 is 2.00 bits per heavy atom. The predicted octanol–water partition coefficient (Wildman–Crippen LogP) is 3.93. The van der Waals surface area contributed by atoms with Gasteiger partial charge in [-0.1, -0.05) is 6.07 Å². The number of benzene rings is 1. The summed E-state index contributed by atoms with van der Waals surface area (Å²) >= 11 is 0. The van der Waals surface area contributed by atoms with E-state index >= 15 is 0 Å². The Balaban J connectivity index is 1.25. The molecular weight excluding hydrogens is 362 g/mol. The van der Waals surface area contributed by atoms with Gasteiger partial charge in [0.2, 0.25) is 5.88 Å². The molecule has 1 aliphatic heterocycles. The van der Waals surface area contributed by atoms with Gasteiger partial charge in [-0.05, 0) is 80.5 Å². The molecular formula is C23H29N5O. The van der Waals surface area contributed by atoms with E-state index in [9.17, 15) is 0 Å². The van der Waals surface area contributed by atoms with Gasteiger partial charge in [-0.25, -0.2) is 9.97 Å². The Kier molecular flexibility index (Phi) is 6.10. The van der Waals surface area contributed by atoms with Crippen molar-refractivity contribution in [1.82, 2.24) is 14.9 Å². The average Bonchev–Trinajstić information content (AvgIpc) is 2.75. The number of nitrogens with one attached hydrogen (secondary N) is 1. The van der Waals surface area contributed by atoms with Gasteiger partial charge >= 0.3 is 0 Å². The topological polar surface area (TPSA) is 76.3 Å². The molecule has 0 saturated carbocycles. The zero-order valence-electron chi connectivity index (χ0n) is 17.0. The maximum absolute atomic E-state index is 5.91. The molecule has 0 radical (unpaired) electrons. The van der Waals surface area contributed by atoms with Crippen LogP contribution in [0.25, 0.3) is 10.8 Å². The van der Waals surface area contributed by atoms with Crippen LogP contribution >= 0.6 is 0 Å². The minimum absolute atomic E-state index is 0.560. The van der Waals surface area contributed by atoms with Crippen molar-refractivity contribution in [1.29, 1.82) is 0 Å². The summed E-state index contributed by atoms with van der Waals surface area (Å²) in [5.74, 6) is 2.04. The van der Waals surface area contributed by atoms with Gasteiger partial charge in [0.15, 0.2) is 0 Å². The smallest absolute Gasteiger partial charge is 0.213 e. The van der Waals surface area contributed by atoms with E-state index in [1.54, 1.807) is 6.20 Å². The number of rotatable bonds is 7. The van der Waals surface area contributed by atoms with Crippen LogP contribution < -0.4 is 15.8 Å². The fourth-order valence-electron chi connectivity index (χ4n) is 3.80. The number of ether oxygens (including phenoxy) is 1. The van der Waals surface area contributed by atoms with E-state index in [-0.39, 0.29) is 0 Å².